The Morgan fingerprint density at radius 3 is 3.00 bits per heavy atom. The van der Waals surface area contributed by atoms with Gasteiger partial charge in [0, 0.05) is 45.1 Å². The van der Waals surface area contributed by atoms with E-state index >= 15 is 0 Å². The summed E-state index contributed by atoms with van der Waals surface area (Å²) in [6.45, 7) is 2.61. The van der Waals surface area contributed by atoms with E-state index in [0.717, 1.165) is 31.4 Å². The fourth-order valence-corrected chi connectivity index (χ4v) is 3.18. The minimum Gasteiger partial charge on any atom is -0.387 e. The van der Waals surface area contributed by atoms with Gasteiger partial charge in [0.2, 0.25) is 0 Å². The van der Waals surface area contributed by atoms with Crippen LogP contribution in [0.4, 0.5) is 10.5 Å². The van der Waals surface area contributed by atoms with Crippen LogP contribution in [0.15, 0.2) is 18.2 Å². The Hall–Kier alpha value is -1.79. The van der Waals surface area contributed by atoms with Crippen molar-refractivity contribution in [3.8, 4) is 0 Å². The topological polar surface area (TPSA) is 73.8 Å². The van der Waals surface area contributed by atoms with Gasteiger partial charge in [-0.1, -0.05) is 12.1 Å². The van der Waals surface area contributed by atoms with Crippen molar-refractivity contribution in [1.82, 2.24) is 10.6 Å². The van der Waals surface area contributed by atoms with Crippen molar-refractivity contribution < 1.29 is 14.6 Å². The Morgan fingerprint density at radius 2 is 2.22 bits per heavy atom. The molecule has 0 aliphatic carbocycles. The monoisotopic (exact) mass is 319 g/mol. The quantitative estimate of drug-likeness (QED) is 0.779. The number of amides is 2. The summed E-state index contributed by atoms with van der Waals surface area (Å²) < 4.78 is 5.27. The van der Waals surface area contributed by atoms with Crippen LogP contribution in [0.1, 0.15) is 30.1 Å². The zero-order valence-electron chi connectivity index (χ0n) is 13.5. The molecule has 6 nitrogen and oxygen atoms in total. The number of urea groups is 1. The third-order valence-electron chi connectivity index (χ3n) is 4.63. The van der Waals surface area contributed by atoms with Crippen LogP contribution in [0.5, 0.6) is 0 Å². The van der Waals surface area contributed by atoms with E-state index in [1.807, 2.05) is 18.2 Å². The molecular weight excluding hydrogens is 294 g/mol. The average Bonchev–Trinajstić information content (AvgIpc) is 2.94. The lowest BCUT2D eigenvalue weighted by molar-refractivity contribution is 0.0798. The summed E-state index contributed by atoms with van der Waals surface area (Å²) in [5, 5.41) is 16.0. The molecule has 0 spiro atoms. The summed E-state index contributed by atoms with van der Waals surface area (Å²) in [6, 6.07) is 5.96. The van der Waals surface area contributed by atoms with Gasteiger partial charge < -0.3 is 25.4 Å². The molecule has 2 aliphatic heterocycles. The molecule has 0 bridgehead atoms. The number of carbonyl (C=O) groups is 1. The molecule has 1 aromatic carbocycles. The summed E-state index contributed by atoms with van der Waals surface area (Å²) in [4.78, 5) is 14.1. The number of nitrogens with zero attached hydrogens (tertiary/aromatic N) is 1. The van der Waals surface area contributed by atoms with Gasteiger partial charge >= 0.3 is 6.03 Å². The molecule has 126 valence electrons. The van der Waals surface area contributed by atoms with E-state index in [4.69, 9.17) is 4.74 Å². The van der Waals surface area contributed by atoms with Gasteiger partial charge in [-0.3, -0.25) is 0 Å². The molecule has 0 unspecified atom stereocenters. The Kier molecular flexibility index (Phi) is 5.03. The zero-order chi connectivity index (χ0) is 16.2. The van der Waals surface area contributed by atoms with Gasteiger partial charge in [0.15, 0.2) is 0 Å². The van der Waals surface area contributed by atoms with Gasteiger partial charge in [0.1, 0.15) is 0 Å². The van der Waals surface area contributed by atoms with Gasteiger partial charge in [0.05, 0.1) is 6.10 Å². The highest BCUT2D eigenvalue weighted by molar-refractivity contribution is 5.74. The van der Waals surface area contributed by atoms with Gasteiger partial charge in [-0.15, -0.1) is 0 Å². The zero-order valence-corrected chi connectivity index (χ0v) is 13.5. The van der Waals surface area contributed by atoms with Gasteiger partial charge in [0.25, 0.3) is 0 Å². The number of ether oxygens (including phenoxy) is 1. The first kappa shape index (κ1) is 16.1. The molecule has 0 saturated carbocycles. The number of hydrogen-bond donors (Lipinski definition) is 3. The second-order valence-electron chi connectivity index (χ2n) is 6.32. The van der Waals surface area contributed by atoms with E-state index < -0.39 is 6.10 Å². The van der Waals surface area contributed by atoms with Crippen LogP contribution < -0.4 is 15.5 Å². The smallest absolute Gasteiger partial charge is 0.315 e. The van der Waals surface area contributed by atoms with Crippen LogP contribution in [-0.4, -0.2) is 50.5 Å². The minimum absolute atomic E-state index is 0.163. The Morgan fingerprint density at radius 1 is 1.43 bits per heavy atom. The Balaban J connectivity index is 1.49. The van der Waals surface area contributed by atoms with Crippen molar-refractivity contribution >= 4 is 11.7 Å². The Labute approximate surface area is 136 Å². The number of carbonyl (C=O) groups excluding carboxylic acids is 1. The van der Waals surface area contributed by atoms with Gasteiger partial charge in [-0.25, -0.2) is 4.79 Å². The maximum absolute atomic E-state index is 11.9. The van der Waals surface area contributed by atoms with Crippen molar-refractivity contribution in [3.63, 3.8) is 0 Å². The number of aliphatic hydroxyl groups is 1. The molecule has 0 aromatic heterocycles. The van der Waals surface area contributed by atoms with Crippen molar-refractivity contribution in [3.05, 3.63) is 29.3 Å². The first-order valence-electron chi connectivity index (χ1n) is 8.27. The number of aliphatic hydroxyl groups excluding tert-OH is 1. The number of nitrogens with one attached hydrogen (secondary N) is 2. The maximum Gasteiger partial charge on any atom is 0.315 e. The normalized spacial score (nSPS) is 19.3. The summed E-state index contributed by atoms with van der Waals surface area (Å²) in [5.41, 5.74) is 3.34. The fourth-order valence-electron chi connectivity index (χ4n) is 3.18. The highest BCUT2D eigenvalue weighted by Crippen LogP contribution is 2.29. The molecule has 2 amide bonds. The van der Waals surface area contributed by atoms with Crippen LogP contribution in [0.25, 0.3) is 0 Å². The van der Waals surface area contributed by atoms with E-state index in [2.05, 4.69) is 22.6 Å². The van der Waals surface area contributed by atoms with Gasteiger partial charge in [-0.2, -0.15) is 0 Å². The van der Waals surface area contributed by atoms with E-state index in [-0.39, 0.29) is 18.6 Å². The lowest BCUT2D eigenvalue weighted by Crippen LogP contribution is -2.45. The molecule has 2 heterocycles. The van der Waals surface area contributed by atoms with E-state index in [1.165, 1.54) is 11.3 Å². The van der Waals surface area contributed by atoms with Crippen LogP contribution >= 0.6 is 0 Å². The number of fused-ring (bicyclic) bond motifs is 1. The second-order valence-corrected chi connectivity index (χ2v) is 6.32. The first-order valence-corrected chi connectivity index (χ1v) is 8.27. The molecule has 6 heteroatoms. The van der Waals surface area contributed by atoms with Crippen molar-refractivity contribution in [2.75, 3.05) is 38.3 Å². The molecule has 1 saturated heterocycles. The predicted octanol–water partition coefficient (Wildman–Crippen LogP) is 1.19. The minimum atomic E-state index is -0.688. The standard InChI is InChI=1S/C17H25N3O3/c1-20-7-4-12-10-13(2-3-15(12)20)16(21)11-18-17(22)19-14-5-8-23-9-6-14/h2-3,10,14,16,21H,4-9,11H2,1H3,(H2,18,19,22)/t16-/m1/s1. The third-order valence-corrected chi connectivity index (χ3v) is 4.63. The lowest BCUT2D eigenvalue weighted by Gasteiger charge is -2.23. The number of hydrogen-bond acceptors (Lipinski definition) is 4. The third kappa shape index (κ3) is 3.95. The molecule has 3 rings (SSSR count). The lowest BCUT2D eigenvalue weighted by atomic mass is 10.0. The second kappa shape index (κ2) is 7.19. The molecule has 0 radical (unpaired) electrons. The first-order chi connectivity index (χ1) is 11.1. The number of anilines is 1. The van der Waals surface area contributed by atoms with Crippen LogP contribution in [0.2, 0.25) is 0 Å². The molecule has 3 N–H and O–H groups in total. The van der Waals surface area contributed by atoms with Crippen LogP contribution in [0, 0.1) is 0 Å². The Bertz CT molecular complexity index is 558. The van der Waals surface area contributed by atoms with Crippen molar-refractivity contribution in [1.29, 1.82) is 0 Å². The molecule has 1 atom stereocenters. The predicted molar refractivity (Wildman–Crippen MR) is 88.8 cm³/mol. The van der Waals surface area contributed by atoms with E-state index in [1.54, 1.807) is 0 Å². The number of rotatable bonds is 4. The molecular formula is C17H25N3O3. The van der Waals surface area contributed by atoms with Crippen LogP contribution in [0.3, 0.4) is 0 Å². The number of likely N-dealkylation sites (N-methyl/N-ethyl adjacent to an activating group) is 1. The van der Waals surface area contributed by atoms with Crippen LogP contribution in [-0.2, 0) is 11.2 Å². The largest absolute Gasteiger partial charge is 0.387 e. The summed E-state index contributed by atoms with van der Waals surface area (Å²) >= 11 is 0. The van der Waals surface area contributed by atoms with Gasteiger partial charge in [-0.05, 0) is 36.5 Å². The molecule has 2 aliphatic rings. The summed E-state index contributed by atoms with van der Waals surface area (Å²) in [6.07, 6.45) is 2.00. The summed E-state index contributed by atoms with van der Waals surface area (Å²) in [5.74, 6) is 0. The average molecular weight is 319 g/mol. The van der Waals surface area contributed by atoms with Crippen molar-refractivity contribution in [2.24, 2.45) is 0 Å². The number of benzene rings is 1. The maximum atomic E-state index is 11.9. The molecule has 23 heavy (non-hydrogen) atoms. The SMILES string of the molecule is CN1CCc2cc([C@H](O)CNC(=O)NC3CCOCC3)ccc21. The van der Waals surface area contributed by atoms with E-state index in [0.29, 0.717) is 13.2 Å². The molecule has 1 fully saturated rings. The molecule has 1 aromatic rings. The highest BCUT2D eigenvalue weighted by Gasteiger charge is 2.19. The highest BCUT2D eigenvalue weighted by atomic mass is 16.5. The van der Waals surface area contributed by atoms with E-state index in [9.17, 15) is 9.90 Å². The summed E-state index contributed by atoms with van der Waals surface area (Å²) in [7, 11) is 2.07. The van der Waals surface area contributed by atoms with Crippen molar-refractivity contribution in [2.45, 2.75) is 31.4 Å². The fraction of sp³-hybridized carbons (Fsp3) is 0.588.